The smallest absolute Gasteiger partial charge is 0.151 e. The number of nitrogens with two attached hydrogens (primary N) is 1. The van der Waals surface area contributed by atoms with Gasteiger partial charge in [-0.05, 0) is 12.1 Å². The lowest BCUT2D eigenvalue weighted by Crippen LogP contribution is -2.10. The van der Waals surface area contributed by atoms with E-state index in [1.54, 1.807) is 12.1 Å². The van der Waals surface area contributed by atoms with Crippen LogP contribution in [0.15, 0.2) is 18.2 Å². The summed E-state index contributed by atoms with van der Waals surface area (Å²) in [6.07, 6.45) is 0. The summed E-state index contributed by atoms with van der Waals surface area (Å²) < 4.78 is 13.3. The van der Waals surface area contributed by atoms with E-state index in [1.165, 1.54) is 6.07 Å². The molecule has 1 aromatic heterocycles. The molecule has 0 fully saturated rings. The van der Waals surface area contributed by atoms with Crippen molar-refractivity contribution in [1.82, 2.24) is 9.97 Å². The van der Waals surface area contributed by atoms with Crippen LogP contribution in [-0.2, 0) is 0 Å². The van der Waals surface area contributed by atoms with E-state index in [9.17, 15) is 4.39 Å². The lowest BCUT2D eigenvalue weighted by molar-refractivity contribution is 0.636. The molecular formula is C10H12FN3. The zero-order valence-corrected chi connectivity index (χ0v) is 7.92. The van der Waals surface area contributed by atoms with Gasteiger partial charge in [-0.2, -0.15) is 0 Å². The third-order valence-corrected chi connectivity index (χ3v) is 2.30. The predicted molar refractivity (Wildman–Crippen MR) is 53.5 cm³/mol. The summed E-state index contributed by atoms with van der Waals surface area (Å²) in [5, 5.41) is 0. The Balaban J connectivity index is 2.56. The lowest BCUT2D eigenvalue weighted by atomic mass is 10.2. The number of halogens is 1. The van der Waals surface area contributed by atoms with Crippen molar-refractivity contribution in [3.05, 3.63) is 29.8 Å². The molecule has 14 heavy (non-hydrogen) atoms. The molecule has 0 aliphatic carbocycles. The minimum absolute atomic E-state index is 0.127. The number of H-pyrrole nitrogens is 1. The maximum Gasteiger partial charge on any atom is 0.151 e. The Labute approximate surface area is 81.1 Å². The highest BCUT2D eigenvalue weighted by atomic mass is 19.1. The largest absolute Gasteiger partial charge is 0.342 e. The number of imidazole rings is 1. The zero-order chi connectivity index (χ0) is 10.1. The van der Waals surface area contributed by atoms with Gasteiger partial charge in [-0.1, -0.05) is 13.0 Å². The summed E-state index contributed by atoms with van der Waals surface area (Å²) in [7, 11) is 0. The normalized spacial score (nSPS) is 13.4. The number of para-hydroxylation sites is 1. The van der Waals surface area contributed by atoms with Crippen LogP contribution < -0.4 is 5.73 Å². The molecule has 2 aromatic rings. The Morgan fingerprint density at radius 2 is 2.36 bits per heavy atom. The van der Waals surface area contributed by atoms with Gasteiger partial charge in [0, 0.05) is 12.5 Å². The number of hydrogen-bond acceptors (Lipinski definition) is 2. The van der Waals surface area contributed by atoms with Crippen molar-refractivity contribution in [2.75, 3.05) is 6.54 Å². The van der Waals surface area contributed by atoms with Gasteiger partial charge in [0.25, 0.3) is 0 Å². The van der Waals surface area contributed by atoms with Crippen LogP contribution in [0.1, 0.15) is 18.7 Å². The second-order valence-electron chi connectivity index (χ2n) is 3.39. The number of aromatic nitrogens is 2. The maximum atomic E-state index is 13.3. The first kappa shape index (κ1) is 9.15. The number of aromatic amines is 1. The Bertz CT molecular complexity index is 450. The van der Waals surface area contributed by atoms with Crippen LogP contribution in [0, 0.1) is 5.82 Å². The molecule has 74 valence electrons. The molecule has 0 spiro atoms. The van der Waals surface area contributed by atoms with Crippen LogP contribution in [-0.4, -0.2) is 16.5 Å². The Morgan fingerprint density at radius 1 is 1.57 bits per heavy atom. The predicted octanol–water partition coefficient (Wildman–Crippen LogP) is 1.76. The molecule has 0 amide bonds. The lowest BCUT2D eigenvalue weighted by Gasteiger charge is -2.01. The molecule has 0 aliphatic rings. The first-order chi connectivity index (χ1) is 6.72. The summed E-state index contributed by atoms with van der Waals surface area (Å²) in [6.45, 7) is 2.46. The van der Waals surface area contributed by atoms with E-state index in [2.05, 4.69) is 9.97 Å². The summed E-state index contributed by atoms with van der Waals surface area (Å²) >= 11 is 0. The van der Waals surface area contributed by atoms with Gasteiger partial charge in [-0.3, -0.25) is 0 Å². The molecular weight excluding hydrogens is 181 g/mol. The van der Waals surface area contributed by atoms with Crippen LogP contribution in [0.3, 0.4) is 0 Å². The molecule has 3 N–H and O–H groups in total. The number of nitrogens with zero attached hydrogens (tertiary/aromatic N) is 1. The van der Waals surface area contributed by atoms with Crippen LogP contribution in [0.2, 0.25) is 0 Å². The highest BCUT2D eigenvalue weighted by molar-refractivity contribution is 5.75. The highest BCUT2D eigenvalue weighted by Gasteiger charge is 2.10. The standard InChI is InChI=1S/C10H12FN3/c1-6(5-12)10-13-8-4-2-3-7(11)9(8)14-10/h2-4,6H,5,12H2,1H3,(H,13,14)/t6-/m1/s1. The summed E-state index contributed by atoms with van der Waals surface area (Å²) in [6, 6.07) is 4.87. The van der Waals surface area contributed by atoms with Crippen LogP contribution >= 0.6 is 0 Å². The van der Waals surface area contributed by atoms with Crippen LogP contribution in [0.4, 0.5) is 4.39 Å². The maximum absolute atomic E-state index is 13.3. The van der Waals surface area contributed by atoms with Crippen molar-refractivity contribution in [2.45, 2.75) is 12.8 Å². The van der Waals surface area contributed by atoms with Gasteiger partial charge in [-0.25, -0.2) is 9.37 Å². The van der Waals surface area contributed by atoms with Crippen molar-refractivity contribution < 1.29 is 4.39 Å². The van der Waals surface area contributed by atoms with Gasteiger partial charge in [0.05, 0.1) is 5.52 Å². The summed E-state index contributed by atoms with van der Waals surface area (Å²) in [5.74, 6) is 0.573. The molecule has 0 unspecified atom stereocenters. The van der Waals surface area contributed by atoms with Crippen LogP contribution in [0.5, 0.6) is 0 Å². The van der Waals surface area contributed by atoms with Crippen LogP contribution in [0.25, 0.3) is 11.0 Å². The summed E-state index contributed by atoms with van der Waals surface area (Å²) in [5.41, 5.74) is 6.62. The molecule has 0 saturated carbocycles. The second-order valence-corrected chi connectivity index (χ2v) is 3.39. The minimum Gasteiger partial charge on any atom is -0.342 e. The van der Waals surface area contributed by atoms with Gasteiger partial charge >= 0.3 is 0 Å². The van der Waals surface area contributed by atoms with Gasteiger partial charge in [-0.15, -0.1) is 0 Å². The summed E-state index contributed by atoms with van der Waals surface area (Å²) in [4.78, 5) is 7.23. The molecule has 0 radical (unpaired) electrons. The second kappa shape index (κ2) is 3.38. The molecule has 0 aliphatic heterocycles. The van der Waals surface area contributed by atoms with E-state index < -0.39 is 0 Å². The van der Waals surface area contributed by atoms with Gasteiger partial charge in [0.2, 0.25) is 0 Å². The van der Waals surface area contributed by atoms with Gasteiger partial charge < -0.3 is 10.7 Å². The molecule has 3 nitrogen and oxygen atoms in total. The van der Waals surface area contributed by atoms with Gasteiger partial charge in [0.15, 0.2) is 5.82 Å². The van der Waals surface area contributed by atoms with Crippen molar-refractivity contribution in [1.29, 1.82) is 0 Å². The SMILES string of the molecule is C[C@H](CN)c1nc2c(F)cccc2[nH]1. The quantitative estimate of drug-likeness (QED) is 0.763. The average molecular weight is 193 g/mol. The van der Waals surface area contributed by atoms with E-state index in [0.717, 1.165) is 11.3 Å². The third-order valence-electron chi connectivity index (χ3n) is 2.30. The molecule has 0 saturated heterocycles. The van der Waals surface area contributed by atoms with Gasteiger partial charge in [0.1, 0.15) is 11.3 Å². The van der Waals surface area contributed by atoms with E-state index in [4.69, 9.17) is 5.73 Å². The topological polar surface area (TPSA) is 54.7 Å². The van der Waals surface area contributed by atoms with E-state index in [-0.39, 0.29) is 11.7 Å². The van der Waals surface area contributed by atoms with E-state index >= 15 is 0 Å². The Morgan fingerprint density at radius 3 is 3.00 bits per heavy atom. The fourth-order valence-electron chi connectivity index (χ4n) is 1.36. The fourth-order valence-corrected chi connectivity index (χ4v) is 1.36. The van der Waals surface area contributed by atoms with Crippen molar-refractivity contribution in [3.63, 3.8) is 0 Å². The number of hydrogen-bond donors (Lipinski definition) is 2. The molecule has 2 rings (SSSR count). The first-order valence-electron chi connectivity index (χ1n) is 4.56. The van der Waals surface area contributed by atoms with Crippen molar-refractivity contribution in [3.8, 4) is 0 Å². The Kier molecular flexibility index (Phi) is 2.21. The molecule has 4 heteroatoms. The monoisotopic (exact) mass is 193 g/mol. The number of fused-ring (bicyclic) bond motifs is 1. The third kappa shape index (κ3) is 1.37. The molecule has 1 atom stereocenters. The number of rotatable bonds is 2. The van der Waals surface area contributed by atoms with E-state index in [0.29, 0.717) is 12.1 Å². The van der Waals surface area contributed by atoms with E-state index in [1.807, 2.05) is 6.92 Å². The average Bonchev–Trinajstić information content (AvgIpc) is 2.62. The molecule has 1 aromatic carbocycles. The minimum atomic E-state index is -0.297. The highest BCUT2D eigenvalue weighted by Crippen LogP contribution is 2.18. The first-order valence-corrected chi connectivity index (χ1v) is 4.56. The fraction of sp³-hybridized carbons (Fsp3) is 0.300. The number of benzene rings is 1. The van der Waals surface area contributed by atoms with Crippen molar-refractivity contribution in [2.24, 2.45) is 5.73 Å². The number of nitrogens with one attached hydrogen (secondary N) is 1. The zero-order valence-electron chi connectivity index (χ0n) is 7.92. The Hall–Kier alpha value is -1.42. The molecule has 0 bridgehead atoms. The van der Waals surface area contributed by atoms with Crippen molar-refractivity contribution >= 4 is 11.0 Å². The molecule has 1 heterocycles.